The third-order valence-corrected chi connectivity index (χ3v) is 5.29. The topological polar surface area (TPSA) is 111 Å². The van der Waals surface area contributed by atoms with Crippen molar-refractivity contribution in [2.45, 2.75) is 9.79 Å². The zero-order valence-electron chi connectivity index (χ0n) is 15.3. The fraction of sp³-hybridized carbons (Fsp3) is 0.222. The van der Waals surface area contributed by atoms with Gasteiger partial charge >= 0.3 is 0 Å². The van der Waals surface area contributed by atoms with Gasteiger partial charge in [0.05, 0.1) is 22.9 Å². The first-order valence-corrected chi connectivity index (χ1v) is 10.6. The molecule has 28 heavy (non-hydrogen) atoms. The molecular weight excluding hydrogens is 400 g/mol. The fourth-order valence-electron chi connectivity index (χ4n) is 2.31. The van der Waals surface area contributed by atoms with E-state index in [-0.39, 0.29) is 11.4 Å². The van der Waals surface area contributed by atoms with E-state index in [2.05, 4.69) is 9.98 Å². The van der Waals surface area contributed by atoms with Crippen molar-refractivity contribution in [3.8, 4) is 0 Å². The van der Waals surface area contributed by atoms with Crippen molar-refractivity contribution in [2.75, 3.05) is 25.6 Å². The van der Waals surface area contributed by atoms with E-state index in [1.165, 1.54) is 47.8 Å². The summed E-state index contributed by atoms with van der Waals surface area (Å²) in [6.45, 7) is 0.799. The number of benzene rings is 2. The first-order valence-electron chi connectivity index (χ1n) is 8.10. The van der Waals surface area contributed by atoms with Crippen LogP contribution in [0.3, 0.4) is 0 Å². The summed E-state index contributed by atoms with van der Waals surface area (Å²) in [6, 6.07) is 9.33. The van der Waals surface area contributed by atoms with Crippen molar-refractivity contribution < 1.29 is 9.85 Å². The van der Waals surface area contributed by atoms with Gasteiger partial charge in [-0.15, -0.1) is 23.5 Å². The molecule has 0 amide bonds. The smallest absolute Gasteiger partial charge is 0.270 e. The van der Waals surface area contributed by atoms with Gasteiger partial charge in [-0.1, -0.05) is 0 Å². The summed E-state index contributed by atoms with van der Waals surface area (Å²) < 4.78 is 0. The lowest BCUT2D eigenvalue weighted by atomic mass is 10.2. The first kappa shape index (κ1) is 21.6. The number of aliphatic imine (C=N–C) groups is 2. The summed E-state index contributed by atoms with van der Waals surface area (Å²) in [6.07, 6.45) is 7.00. The van der Waals surface area contributed by atoms with E-state index in [9.17, 15) is 20.2 Å². The Morgan fingerprint density at radius 3 is 1.54 bits per heavy atom. The number of nitrogens with zero attached hydrogens (tertiary/aromatic N) is 4. The fourth-order valence-corrected chi connectivity index (χ4v) is 3.42. The highest BCUT2D eigenvalue weighted by Crippen LogP contribution is 2.24. The molecule has 0 fully saturated rings. The summed E-state index contributed by atoms with van der Waals surface area (Å²) in [4.78, 5) is 31.3. The molecule has 0 aliphatic rings. The molecule has 0 radical (unpaired) electrons. The lowest BCUT2D eigenvalue weighted by Gasteiger charge is -2.02. The second-order valence-corrected chi connectivity index (χ2v) is 7.13. The molecule has 0 atom stereocenters. The third kappa shape index (κ3) is 5.89. The van der Waals surface area contributed by atoms with Crippen molar-refractivity contribution in [1.82, 2.24) is 0 Å². The van der Waals surface area contributed by atoms with Gasteiger partial charge in [0, 0.05) is 57.6 Å². The molecule has 2 aromatic rings. The van der Waals surface area contributed by atoms with E-state index in [1.807, 2.05) is 12.5 Å². The third-order valence-electron chi connectivity index (χ3n) is 3.67. The van der Waals surface area contributed by atoms with Crippen LogP contribution in [0.5, 0.6) is 0 Å². The van der Waals surface area contributed by atoms with E-state index in [4.69, 9.17) is 0 Å². The van der Waals surface area contributed by atoms with Crippen molar-refractivity contribution in [3.05, 3.63) is 67.8 Å². The van der Waals surface area contributed by atoms with Gasteiger partial charge < -0.3 is 0 Å². The van der Waals surface area contributed by atoms with Crippen molar-refractivity contribution in [3.63, 3.8) is 0 Å². The molecule has 10 heteroatoms. The monoisotopic (exact) mass is 418 g/mol. The number of hydrogen-bond acceptors (Lipinski definition) is 8. The minimum absolute atomic E-state index is 0.0209. The average molecular weight is 419 g/mol. The predicted octanol–water partition coefficient (Wildman–Crippen LogP) is 4.48. The predicted molar refractivity (Wildman–Crippen MR) is 115 cm³/mol. The van der Waals surface area contributed by atoms with Crippen LogP contribution in [0.2, 0.25) is 0 Å². The molecule has 0 unspecified atom stereocenters. The van der Waals surface area contributed by atoms with Crippen LogP contribution in [-0.2, 0) is 0 Å². The van der Waals surface area contributed by atoms with E-state index in [0.29, 0.717) is 24.2 Å². The SMILES string of the molecule is CSc1ccc([N+](=O)[O-])cc1C=NCCN=Cc1cc([N+](=O)[O-])ccc1SC. The van der Waals surface area contributed by atoms with E-state index >= 15 is 0 Å². The van der Waals surface area contributed by atoms with Gasteiger partial charge in [0.15, 0.2) is 0 Å². The lowest BCUT2D eigenvalue weighted by molar-refractivity contribution is -0.385. The van der Waals surface area contributed by atoms with Crippen LogP contribution in [0.25, 0.3) is 0 Å². The Balaban J connectivity index is 2.03. The molecule has 0 saturated heterocycles. The molecular formula is C18H18N4O4S2. The highest BCUT2D eigenvalue weighted by Gasteiger charge is 2.09. The van der Waals surface area contributed by atoms with Crippen molar-refractivity contribution >= 4 is 47.3 Å². The molecule has 0 bridgehead atoms. The highest BCUT2D eigenvalue weighted by atomic mass is 32.2. The van der Waals surface area contributed by atoms with E-state index < -0.39 is 9.85 Å². The Kier molecular flexibility index (Phi) is 8.15. The molecule has 0 aliphatic carbocycles. The number of rotatable bonds is 9. The summed E-state index contributed by atoms with van der Waals surface area (Å²) in [7, 11) is 0. The Morgan fingerprint density at radius 1 is 0.821 bits per heavy atom. The summed E-state index contributed by atoms with van der Waals surface area (Å²) >= 11 is 2.98. The largest absolute Gasteiger partial charge is 0.291 e. The molecule has 0 spiro atoms. The van der Waals surface area contributed by atoms with Crippen molar-refractivity contribution in [2.24, 2.45) is 9.98 Å². The molecule has 0 aromatic heterocycles. The molecule has 0 aliphatic heterocycles. The highest BCUT2D eigenvalue weighted by molar-refractivity contribution is 7.98. The van der Waals surface area contributed by atoms with Crippen LogP contribution < -0.4 is 0 Å². The van der Waals surface area contributed by atoms with Crippen molar-refractivity contribution in [1.29, 1.82) is 0 Å². The Bertz CT molecular complexity index is 856. The van der Waals surface area contributed by atoms with Crippen LogP contribution in [0.1, 0.15) is 11.1 Å². The molecule has 8 nitrogen and oxygen atoms in total. The number of non-ortho nitro benzene ring substituents is 2. The zero-order valence-corrected chi connectivity index (χ0v) is 16.9. The van der Waals surface area contributed by atoms with Gasteiger partial charge in [-0.05, 0) is 24.6 Å². The molecule has 0 heterocycles. The van der Waals surface area contributed by atoms with Gasteiger partial charge in [0.25, 0.3) is 11.4 Å². The van der Waals surface area contributed by atoms with Gasteiger partial charge in [0.1, 0.15) is 0 Å². The molecule has 2 aromatic carbocycles. The van der Waals surface area contributed by atoms with E-state index in [1.54, 1.807) is 24.6 Å². The standard InChI is InChI=1S/C18H18N4O4S2/c1-27-17-5-3-15(21(23)24)9-13(17)11-19-7-8-20-12-14-10-16(22(25)26)4-6-18(14)28-2/h3-6,9-12H,7-8H2,1-2H3. The minimum atomic E-state index is -0.436. The minimum Gasteiger partial charge on any atom is -0.291 e. The summed E-state index contributed by atoms with van der Waals surface area (Å²) in [5.41, 5.74) is 1.42. The van der Waals surface area contributed by atoms with Crippen LogP contribution in [-0.4, -0.2) is 47.9 Å². The maximum absolute atomic E-state index is 10.9. The zero-order chi connectivity index (χ0) is 20.5. The van der Waals surface area contributed by atoms with E-state index in [0.717, 1.165) is 9.79 Å². The number of hydrogen-bond donors (Lipinski definition) is 0. The van der Waals surface area contributed by atoms with Crippen LogP contribution in [0.4, 0.5) is 11.4 Å². The van der Waals surface area contributed by atoms with Crippen LogP contribution >= 0.6 is 23.5 Å². The summed E-state index contributed by atoms with van der Waals surface area (Å²) in [5, 5.41) is 21.8. The molecule has 146 valence electrons. The maximum atomic E-state index is 10.9. The molecule has 0 saturated carbocycles. The Morgan fingerprint density at radius 2 is 1.21 bits per heavy atom. The Hall–Kier alpha value is -2.72. The van der Waals surface area contributed by atoms with Gasteiger partial charge in [-0.3, -0.25) is 30.2 Å². The quantitative estimate of drug-likeness (QED) is 0.195. The maximum Gasteiger partial charge on any atom is 0.270 e. The van der Waals surface area contributed by atoms with Crippen LogP contribution in [0, 0.1) is 20.2 Å². The second kappa shape index (κ2) is 10.6. The van der Waals surface area contributed by atoms with Crippen LogP contribution in [0.15, 0.2) is 56.2 Å². The van der Waals surface area contributed by atoms with Gasteiger partial charge in [-0.2, -0.15) is 0 Å². The number of nitro groups is 2. The first-order chi connectivity index (χ1) is 13.5. The normalized spacial score (nSPS) is 11.4. The number of thioether (sulfide) groups is 2. The van der Waals surface area contributed by atoms with Gasteiger partial charge in [-0.25, -0.2) is 0 Å². The average Bonchev–Trinajstić information content (AvgIpc) is 2.69. The Labute approximate surface area is 170 Å². The summed E-state index contributed by atoms with van der Waals surface area (Å²) in [5.74, 6) is 0. The molecule has 2 rings (SSSR count). The lowest BCUT2D eigenvalue weighted by Crippen LogP contribution is -1.95. The second-order valence-electron chi connectivity index (χ2n) is 5.44. The number of nitro benzene ring substituents is 2. The van der Waals surface area contributed by atoms with Gasteiger partial charge in [0.2, 0.25) is 0 Å². The molecule has 0 N–H and O–H groups in total.